The van der Waals surface area contributed by atoms with Crippen molar-refractivity contribution >= 4 is 28.1 Å². The summed E-state index contributed by atoms with van der Waals surface area (Å²) < 4.78 is 3.75. The number of nitrogens with zero attached hydrogens (tertiary/aromatic N) is 2. The zero-order valence-electron chi connectivity index (χ0n) is 10.9. The third-order valence-electron chi connectivity index (χ3n) is 2.78. The van der Waals surface area contributed by atoms with Crippen LogP contribution in [0.1, 0.15) is 26.3 Å². The molecule has 3 nitrogen and oxygen atoms in total. The zero-order chi connectivity index (χ0) is 13.5. The molecule has 0 atom stereocenters. The number of aromatic nitrogens is 3. The molecule has 1 heterocycles. The minimum atomic E-state index is -0.109. The van der Waals surface area contributed by atoms with Gasteiger partial charge in [-0.2, -0.15) is 5.10 Å². The van der Waals surface area contributed by atoms with Crippen LogP contribution in [0, 0.1) is 11.7 Å². The average Bonchev–Trinajstić information content (AvgIpc) is 2.64. The van der Waals surface area contributed by atoms with Crippen LogP contribution in [0.25, 0.3) is 11.4 Å². The van der Waals surface area contributed by atoms with E-state index in [1.165, 1.54) is 5.56 Å². The zero-order valence-corrected chi connectivity index (χ0v) is 13.3. The van der Waals surface area contributed by atoms with E-state index in [1.807, 2.05) is 16.7 Å². The first kappa shape index (κ1) is 13.5. The lowest BCUT2D eigenvalue weighted by Crippen LogP contribution is -2.23. The Morgan fingerprint density at radius 1 is 1.33 bits per heavy atom. The summed E-state index contributed by atoms with van der Waals surface area (Å²) in [7, 11) is 0. The third-order valence-corrected chi connectivity index (χ3v) is 4.10. The number of halogens is 1. The molecule has 0 radical (unpaired) electrons. The van der Waals surface area contributed by atoms with Crippen molar-refractivity contribution in [2.24, 2.45) is 0 Å². The molecule has 1 aromatic heterocycles. The molecule has 2 aromatic rings. The molecule has 96 valence electrons. The van der Waals surface area contributed by atoms with Crippen LogP contribution in [0.3, 0.4) is 0 Å². The topological polar surface area (TPSA) is 33.6 Å². The van der Waals surface area contributed by atoms with Gasteiger partial charge in [0.2, 0.25) is 0 Å². The van der Waals surface area contributed by atoms with Crippen molar-refractivity contribution in [2.45, 2.75) is 33.2 Å². The van der Waals surface area contributed by atoms with Gasteiger partial charge in [0.15, 0.2) is 10.6 Å². The van der Waals surface area contributed by atoms with E-state index in [0.29, 0.717) is 4.77 Å². The van der Waals surface area contributed by atoms with Crippen molar-refractivity contribution in [2.75, 3.05) is 0 Å². The van der Waals surface area contributed by atoms with Gasteiger partial charge in [-0.25, -0.2) is 0 Å². The maximum absolute atomic E-state index is 5.33. The quantitative estimate of drug-likeness (QED) is 0.786. The van der Waals surface area contributed by atoms with Gasteiger partial charge in [-0.1, -0.05) is 18.2 Å². The molecule has 1 N–H and O–H groups in total. The smallest absolute Gasteiger partial charge is 0.195 e. The molecular formula is C13H16BrN3S. The lowest BCUT2D eigenvalue weighted by Gasteiger charge is -2.23. The van der Waals surface area contributed by atoms with Gasteiger partial charge in [-0.15, -0.1) is 0 Å². The number of hydrogen-bond acceptors (Lipinski definition) is 2. The van der Waals surface area contributed by atoms with Gasteiger partial charge < -0.3 is 0 Å². The highest BCUT2D eigenvalue weighted by atomic mass is 79.9. The molecule has 0 saturated heterocycles. The minimum absolute atomic E-state index is 0.109. The standard InChI is InChI=1S/C13H16BrN3S/c1-8-6-5-7-9(10(8)14)11-15-16-12(18)17(11)13(2,3)4/h5-7H,1-4H3,(H,16,18). The van der Waals surface area contributed by atoms with Crippen molar-refractivity contribution in [1.29, 1.82) is 0 Å². The van der Waals surface area contributed by atoms with Crippen LogP contribution in [0.2, 0.25) is 0 Å². The lowest BCUT2D eigenvalue weighted by atomic mass is 10.1. The molecule has 0 saturated carbocycles. The van der Waals surface area contributed by atoms with E-state index in [1.54, 1.807) is 0 Å². The maximum atomic E-state index is 5.33. The highest BCUT2D eigenvalue weighted by Crippen LogP contribution is 2.32. The van der Waals surface area contributed by atoms with Gasteiger partial charge in [0.05, 0.1) is 0 Å². The van der Waals surface area contributed by atoms with Crippen LogP contribution in [0.15, 0.2) is 22.7 Å². The van der Waals surface area contributed by atoms with E-state index in [-0.39, 0.29) is 5.54 Å². The van der Waals surface area contributed by atoms with Crippen LogP contribution in [0.4, 0.5) is 0 Å². The van der Waals surface area contributed by atoms with E-state index >= 15 is 0 Å². The summed E-state index contributed by atoms with van der Waals surface area (Å²) in [6.07, 6.45) is 0. The largest absolute Gasteiger partial charge is 0.295 e. The van der Waals surface area contributed by atoms with Gasteiger partial charge >= 0.3 is 0 Å². The van der Waals surface area contributed by atoms with E-state index in [0.717, 1.165) is 15.9 Å². The summed E-state index contributed by atoms with van der Waals surface area (Å²) in [6.45, 7) is 8.42. The molecule has 0 aliphatic heterocycles. The van der Waals surface area contributed by atoms with Crippen LogP contribution in [-0.2, 0) is 5.54 Å². The van der Waals surface area contributed by atoms with Crippen LogP contribution < -0.4 is 0 Å². The highest BCUT2D eigenvalue weighted by molar-refractivity contribution is 9.10. The summed E-state index contributed by atoms with van der Waals surface area (Å²) in [6, 6.07) is 6.14. The molecule has 2 rings (SSSR count). The van der Waals surface area contributed by atoms with Crippen LogP contribution >= 0.6 is 28.1 Å². The third kappa shape index (κ3) is 2.29. The summed E-state index contributed by atoms with van der Waals surface area (Å²) in [4.78, 5) is 0. The number of hydrogen-bond donors (Lipinski definition) is 1. The molecule has 18 heavy (non-hydrogen) atoms. The number of H-pyrrole nitrogens is 1. The van der Waals surface area contributed by atoms with Crippen LogP contribution in [0.5, 0.6) is 0 Å². The second kappa shape index (κ2) is 4.63. The Balaban J connectivity index is 2.74. The number of aromatic amines is 1. The predicted octanol–water partition coefficient (Wildman–Crippen LogP) is 4.43. The Morgan fingerprint density at radius 2 is 2.00 bits per heavy atom. The van der Waals surface area contributed by atoms with Crippen molar-refractivity contribution in [1.82, 2.24) is 14.8 Å². The van der Waals surface area contributed by atoms with Crippen LogP contribution in [-0.4, -0.2) is 14.8 Å². The van der Waals surface area contributed by atoms with E-state index in [4.69, 9.17) is 12.2 Å². The van der Waals surface area contributed by atoms with E-state index in [9.17, 15) is 0 Å². The number of nitrogens with one attached hydrogen (secondary N) is 1. The number of rotatable bonds is 1. The Bertz CT molecular complexity index is 634. The lowest BCUT2D eigenvalue weighted by molar-refractivity contribution is 0.395. The van der Waals surface area contributed by atoms with Gasteiger partial charge in [-0.05, 0) is 61.4 Å². The summed E-state index contributed by atoms with van der Waals surface area (Å²) in [5, 5.41) is 7.25. The Kier molecular flexibility index (Phi) is 3.47. The molecule has 0 aliphatic rings. The molecule has 0 aliphatic carbocycles. The molecule has 5 heteroatoms. The second-order valence-electron chi connectivity index (χ2n) is 5.30. The van der Waals surface area contributed by atoms with Gasteiger partial charge in [0, 0.05) is 15.6 Å². The molecule has 0 bridgehead atoms. The summed E-state index contributed by atoms with van der Waals surface area (Å²) in [5.41, 5.74) is 2.13. The first-order valence-corrected chi connectivity index (χ1v) is 6.96. The molecule has 0 amide bonds. The Morgan fingerprint density at radius 3 is 2.61 bits per heavy atom. The van der Waals surface area contributed by atoms with Crippen molar-refractivity contribution < 1.29 is 0 Å². The Hall–Kier alpha value is -0.940. The van der Waals surface area contributed by atoms with Crippen molar-refractivity contribution in [3.8, 4) is 11.4 Å². The van der Waals surface area contributed by atoms with Crippen molar-refractivity contribution in [3.63, 3.8) is 0 Å². The SMILES string of the molecule is Cc1cccc(-c2n[nH]c(=S)n2C(C)(C)C)c1Br. The Labute approximate surface area is 120 Å². The van der Waals surface area contributed by atoms with E-state index in [2.05, 4.69) is 59.9 Å². The summed E-state index contributed by atoms with van der Waals surface area (Å²) >= 11 is 8.95. The monoisotopic (exact) mass is 325 g/mol. The minimum Gasteiger partial charge on any atom is -0.295 e. The molecule has 0 unspecified atom stereocenters. The second-order valence-corrected chi connectivity index (χ2v) is 6.47. The maximum Gasteiger partial charge on any atom is 0.195 e. The average molecular weight is 326 g/mol. The first-order chi connectivity index (χ1) is 8.32. The van der Waals surface area contributed by atoms with Gasteiger partial charge in [0.1, 0.15) is 0 Å². The molecule has 0 fully saturated rings. The fourth-order valence-electron chi connectivity index (χ4n) is 1.92. The highest BCUT2D eigenvalue weighted by Gasteiger charge is 2.21. The fourth-order valence-corrected chi connectivity index (χ4v) is 2.77. The van der Waals surface area contributed by atoms with Gasteiger partial charge in [-0.3, -0.25) is 9.67 Å². The summed E-state index contributed by atoms with van der Waals surface area (Å²) in [5.74, 6) is 0.864. The molecule has 0 spiro atoms. The van der Waals surface area contributed by atoms with E-state index < -0.39 is 0 Å². The van der Waals surface area contributed by atoms with Crippen molar-refractivity contribution in [3.05, 3.63) is 33.0 Å². The first-order valence-electron chi connectivity index (χ1n) is 5.76. The number of benzene rings is 1. The molecule has 1 aromatic carbocycles. The molecular weight excluding hydrogens is 310 g/mol. The predicted molar refractivity (Wildman–Crippen MR) is 80.3 cm³/mol. The van der Waals surface area contributed by atoms with Gasteiger partial charge in [0.25, 0.3) is 0 Å². The normalized spacial score (nSPS) is 11.8. The fraction of sp³-hybridized carbons (Fsp3) is 0.385. The number of aryl methyl sites for hydroxylation is 1.